The van der Waals surface area contributed by atoms with Gasteiger partial charge in [-0.1, -0.05) is 48.0 Å². The first kappa shape index (κ1) is 34.3. The van der Waals surface area contributed by atoms with E-state index in [1.54, 1.807) is 24.7 Å². The van der Waals surface area contributed by atoms with E-state index in [9.17, 15) is 9.59 Å². The highest BCUT2D eigenvalue weighted by molar-refractivity contribution is 6.36. The molecule has 2 saturated heterocycles. The van der Waals surface area contributed by atoms with Crippen LogP contribution in [0.2, 0.25) is 5.02 Å². The number of aromatic nitrogens is 3. The number of hydrogen-bond acceptors (Lipinski definition) is 7. The molecule has 0 spiro atoms. The van der Waals surface area contributed by atoms with Gasteiger partial charge >= 0.3 is 0 Å². The molecule has 2 aliphatic rings. The van der Waals surface area contributed by atoms with E-state index in [1.165, 1.54) is 5.56 Å². The van der Waals surface area contributed by atoms with Crippen molar-refractivity contribution < 1.29 is 9.59 Å². The minimum Gasteiger partial charge on any atom is -0.356 e. The van der Waals surface area contributed by atoms with E-state index in [0.29, 0.717) is 16.1 Å². The second kappa shape index (κ2) is 15.8. The summed E-state index contributed by atoms with van der Waals surface area (Å²) >= 11 is 6.68. The molecule has 2 fully saturated rings. The van der Waals surface area contributed by atoms with Crippen LogP contribution in [0.1, 0.15) is 57.5 Å². The van der Waals surface area contributed by atoms with Gasteiger partial charge in [-0.2, -0.15) is 0 Å². The van der Waals surface area contributed by atoms with Crippen molar-refractivity contribution in [2.24, 2.45) is 0 Å². The highest BCUT2D eigenvalue weighted by Crippen LogP contribution is 2.31. The van der Waals surface area contributed by atoms with Crippen LogP contribution in [0, 0.1) is 6.92 Å². The van der Waals surface area contributed by atoms with Crippen molar-refractivity contribution in [3.63, 3.8) is 0 Å². The summed E-state index contributed by atoms with van der Waals surface area (Å²) in [5, 5.41) is 6.90. The molecule has 2 aromatic carbocycles. The maximum Gasteiger partial charge on any atom is 0.253 e. The van der Waals surface area contributed by atoms with Crippen LogP contribution in [0.15, 0.2) is 104 Å². The number of pyridine rings is 3. The first-order chi connectivity index (χ1) is 24.9. The van der Waals surface area contributed by atoms with E-state index in [2.05, 4.69) is 49.5 Å². The smallest absolute Gasteiger partial charge is 0.253 e. The number of nitrogens with one attached hydrogen (secondary N) is 2. The Hall–Kier alpha value is -5.12. The van der Waals surface area contributed by atoms with Crippen LogP contribution >= 0.6 is 11.6 Å². The minimum absolute atomic E-state index is 0.0271. The normalized spacial score (nSPS) is 15.8. The molecular formula is C41H42ClN7O2. The van der Waals surface area contributed by atoms with Gasteiger partial charge in [0.15, 0.2) is 0 Å². The maximum absolute atomic E-state index is 13.2. The number of piperidine rings is 2. The summed E-state index contributed by atoms with van der Waals surface area (Å²) in [6.45, 7) is 6.34. The number of benzene rings is 2. The Labute approximate surface area is 304 Å². The average Bonchev–Trinajstić information content (AvgIpc) is 3.17. The topological polar surface area (TPSA) is 103 Å². The van der Waals surface area contributed by atoms with Crippen LogP contribution in [-0.4, -0.2) is 69.9 Å². The molecule has 9 nitrogen and oxygen atoms in total. The summed E-state index contributed by atoms with van der Waals surface area (Å²) in [5.74, 6) is 0.778. The second-order valence-electron chi connectivity index (χ2n) is 13.5. The molecule has 0 aliphatic carbocycles. The van der Waals surface area contributed by atoms with Crippen molar-refractivity contribution in [1.82, 2.24) is 30.5 Å². The van der Waals surface area contributed by atoms with Crippen LogP contribution in [0.3, 0.4) is 0 Å². The Morgan fingerprint density at radius 3 is 2.06 bits per heavy atom. The number of amides is 2. The molecule has 5 heterocycles. The van der Waals surface area contributed by atoms with Crippen molar-refractivity contribution in [3.8, 4) is 22.3 Å². The molecule has 10 heteroatoms. The van der Waals surface area contributed by atoms with E-state index in [1.807, 2.05) is 67.0 Å². The Kier molecular flexibility index (Phi) is 10.7. The van der Waals surface area contributed by atoms with Crippen molar-refractivity contribution in [3.05, 3.63) is 131 Å². The molecule has 51 heavy (non-hydrogen) atoms. The van der Waals surface area contributed by atoms with Crippen LogP contribution in [0.4, 0.5) is 5.82 Å². The molecule has 7 rings (SSSR count). The number of hydrogen-bond donors (Lipinski definition) is 2. The Morgan fingerprint density at radius 2 is 1.41 bits per heavy atom. The summed E-state index contributed by atoms with van der Waals surface area (Å²) in [6, 6.07) is 23.6. The van der Waals surface area contributed by atoms with Crippen LogP contribution < -0.4 is 15.5 Å². The fourth-order valence-electron chi connectivity index (χ4n) is 7.02. The summed E-state index contributed by atoms with van der Waals surface area (Å²) in [4.78, 5) is 44.3. The third kappa shape index (κ3) is 8.27. The molecular weight excluding hydrogens is 658 g/mol. The molecule has 2 N–H and O–H groups in total. The number of likely N-dealkylation sites (tertiary alicyclic amines) is 1. The number of aryl methyl sites for hydroxylation is 1. The number of halogens is 1. The Morgan fingerprint density at radius 1 is 0.745 bits per heavy atom. The highest BCUT2D eigenvalue weighted by atomic mass is 35.5. The largest absolute Gasteiger partial charge is 0.356 e. The van der Waals surface area contributed by atoms with Crippen LogP contribution in [0.5, 0.6) is 0 Å². The van der Waals surface area contributed by atoms with E-state index < -0.39 is 0 Å². The third-order valence-electron chi connectivity index (χ3n) is 9.98. The lowest BCUT2D eigenvalue weighted by molar-refractivity contribution is 0.0906. The molecule has 0 saturated carbocycles. The minimum atomic E-state index is -0.153. The molecule has 0 unspecified atom stereocenters. The summed E-state index contributed by atoms with van der Waals surface area (Å²) in [5.41, 5.74) is 7.17. The fraction of sp³-hybridized carbons (Fsp3) is 0.293. The Bertz CT molecular complexity index is 1960. The zero-order valence-electron chi connectivity index (χ0n) is 28.8. The molecule has 5 aromatic rings. The quantitative estimate of drug-likeness (QED) is 0.172. The number of carbonyl (C=O) groups excluding carboxylic acids is 2. The van der Waals surface area contributed by atoms with Gasteiger partial charge < -0.3 is 15.5 Å². The zero-order chi connectivity index (χ0) is 35.2. The van der Waals surface area contributed by atoms with Crippen molar-refractivity contribution in [1.29, 1.82) is 0 Å². The van der Waals surface area contributed by atoms with E-state index >= 15 is 0 Å². The lowest BCUT2D eigenvalue weighted by Crippen LogP contribution is -2.45. The van der Waals surface area contributed by atoms with Crippen molar-refractivity contribution in [2.45, 2.75) is 51.2 Å². The van der Waals surface area contributed by atoms with Gasteiger partial charge in [0.2, 0.25) is 0 Å². The number of nitrogens with zero attached hydrogens (tertiary/aromatic N) is 5. The SMILES string of the molecule is Cc1ccc(C(=O)NC2CCN(Cc3ccc(N4CCC(NC(=O)c5cccc(-c6cccnc6)c5Cl)CC4)nc3)CC2)cc1-c1cccnc1. The molecule has 0 bridgehead atoms. The lowest BCUT2D eigenvalue weighted by Gasteiger charge is -2.34. The second-order valence-corrected chi connectivity index (χ2v) is 13.8. The lowest BCUT2D eigenvalue weighted by atomic mass is 9.98. The predicted molar refractivity (Wildman–Crippen MR) is 202 cm³/mol. The van der Waals surface area contributed by atoms with Gasteiger partial charge in [0.25, 0.3) is 11.8 Å². The molecule has 2 amide bonds. The van der Waals surface area contributed by atoms with E-state index in [-0.39, 0.29) is 23.9 Å². The molecule has 260 valence electrons. The standard InChI is InChI=1S/C41H42ClN7O2/c1-28-9-11-30(23-37(28)32-6-4-18-44-26-32)40(50)46-33-13-19-48(20-14-33)27-29-10-12-38(45-24-29)49-21-15-34(16-22-49)47-41(51)36-8-2-7-35(39(36)42)31-5-3-17-43-25-31/h2-12,17-18,23-26,33-34H,13-16,19-22,27H2,1H3,(H,46,50)(H,47,51). The number of anilines is 1. The Balaban J connectivity index is 0.856. The predicted octanol–water partition coefficient (Wildman–Crippen LogP) is 6.96. The van der Waals surface area contributed by atoms with Gasteiger partial charge in [0, 0.05) is 98.0 Å². The van der Waals surface area contributed by atoms with E-state index in [0.717, 1.165) is 92.0 Å². The molecule has 3 aromatic heterocycles. The van der Waals surface area contributed by atoms with Gasteiger partial charge in [-0.3, -0.25) is 24.5 Å². The summed E-state index contributed by atoms with van der Waals surface area (Å²) in [7, 11) is 0. The van der Waals surface area contributed by atoms with E-state index in [4.69, 9.17) is 16.6 Å². The zero-order valence-corrected chi connectivity index (χ0v) is 29.5. The number of carbonyl (C=O) groups is 2. The van der Waals surface area contributed by atoms with Crippen molar-refractivity contribution >= 4 is 29.2 Å². The first-order valence-corrected chi connectivity index (χ1v) is 18.0. The average molecular weight is 700 g/mol. The van der Waals surface area contributed by atoms with Gasteiger partial charge in [-0.05, 0) is 85.7 Å². The number of rotatable bonds is 9. The van der Waals surface area contributed by atoms with Crippen LogP contribution in [-0.2, 0) is 6.54 Å². The maximum atomic E-state index is 13.2. The van der Waals surface area contributed by atoms with Gasteiger partial charge in [-0.15, -0.1) is 0 Å². The molecule has 0 radical (unpaired) electrons. The fourth-order valence-corrected chi connectivity index (χ4v) is 7.35. The van der Waals surface area contributed by atoms with Gasteiger partial charge in [-0.25, -0.2) is 4.98 Å². The third-order valence-corrected chi connectivity index (χ3v) is 10.4. The molecule has 0 atom stereocenters. The first-order valence-electron chi connectivity index (χ1n) is 17.6. The summed E-state index contributed by atoms with van der Waals surface area (Å²) < 4.78 is 0. The molecule has 2 aliphatic heterocycles. The van der Waals surface area contributed by atoms with Crippen LogP contribution in [0.25, 0.3) is 22.3 Å². The van der Waals surface area contributed by atoms with Gasteiger partial charge in [0.05, 0.1) is 10.6 Å². The highest BCUT2D eigenvalue weighted by Gasteiger charge is 2.25. The monoisotopic (exact) mass is 699 g/mol. The van der Waals surface area contributed by atoms with Gasteiger partial charge in [0.1, 0.15) is 5.82 Å². The van der Waals surface area contributed by atoms with Crippen molar-refractivity contribution in [2.75, 3.05) is 31.1 Å². The summed E-state index contributed by atoms with van der Waals surface area (Å²) in [6.07, 6.45) is 12.5.